The van der Waals surface area contributed by atoms with Gasteiger partial charge in [0.1, 0.15) is 6.20 Å². The lowest BCUT2D eigenvalue weighted by Gasteiger charge is -2.31. The maximum absolute atomic E-state index is 2.34. The summed E-state index contributed by atoms with van der Waals surface area (Å²) >= 11 is 0. The van der Waals surface area contributed by atoms with E-state index in [4.69, 9.17) is 0 Å². The highest BCUT2D eigenvalue weighted by Crippen LogP contribution is 2.17. The van der Waals surface area contributed by atoms with Gasteiger partial charge in [-0.1, -0.05) is 13.3 Å². The van der Waals surface area contributed by atoms with Crippen LogP contribution in [0.5, 0.6) is 0 Å². The Morgan fingerprint density at radius 2 is 2.08 bits per heavy atom. The molecular formula is C10H21BrN2. The van der Waals surface area contributed by atoms with E-state index in [2.05, 4.69) is 38.2 Å². The molecule has 0 amide bonds. The van der Waals surface area contributed by atoms with E-state index < -0.39 is 0 Å². The van der Waals surface area contributed by atoms with Crippen molar-refractivity contribution in [3.63, 3.8) is 0 Å². The fourth-order valence-corrected chi connectivity index (χ4v) is 1.78. The maximum Gasteiger partial charge on any atom is 0.158 e. The van der Waals surface area contributed by atoms with Gasteiger partial charge in [0, 0.05) is 7.05 Å². The number of quaternary nitrogens is 1. The lowest BCUT2D eigenvalue weighted by Crippen LogP contribution is -3.00. The first-order chi connectivity index (χ1) is 5.72. The van der Waals surface area contributed by atoms with Crippen molar-refractivity contribution in [1.82, 2.24) is 4.90 Å². The van der Waals surface area contributed by atoms with Gasteiger partial charge in [-0.25, -0.2) is 0 Å². The second-order valence-electron chi connectivity index (χ2n) is 3.81. The standard InChI is InChI=1S/C10H21N2.BrH/c1-4-6-8-12(5-2)9-7-11(3)10-12;/h7,9H,4-6,8,10H2,1-3H3;1H/q+1;/p-1. The zero-order valence-electron chi connectivity index (χ0n) is 8.96. The topological polar surface area (TPSA) is 3.24 Å². The Kier molecular flexibility index (Phi) is 5.65. The van der Waals surface area contributed by atoms with Crippen molar-refractivity contribution in [1.29, 1.82) is 0 Å². The first-order valence-corrected chi connectivity index (χ1v) is 4.98. The number of nitrogens with zero attached hydrogens (tertiary/aromatic N) is 2. The van der Waals surface area contributed by atoms with Gasteiger partial charge in [-0.2, -0.15) is 0 Å². The highest BCUT2D eigenvalue weighted by atomic mass is 79.9. The molecule has 78 valence electrons. The van der Waals surface area contributed by atoms with Crippen molar-refractivity contribution < 1.29 is 21.5 Å². The largest absolute Gasteiger partial charge is 1.00 e. The molecule has 1 atom stereocenters. The smallest absolute Gasteiger partial charge is 0.158 e. The third kappa shape index (κ3) is 3.31. The zero-order valence-corrected chi connectivity index (χ0v) is 10.5. The summed E-state index contributed by atoms with van der Waals surface area (Å²) in [6, 6.07) is 0. The van der Waals surface area contributed by atoms with Gasteiger partial charge in [0.2, 0.25) is 0 Å². The van der Waals surface area contributed by atoms with Gasteiger partial charge < -0.3 is 21.9 Å². The Morgan fingerprint density at radius 1 is 1.38 bits per heavy atom. The fraction of sp³-hybridized carbons (Fsp3) is 0.800. The van der Waals surface area contributed by atoms with Gasteiger partial charge in [0.05, 0.1) is 19.3 Å². The van der Waals surface area contributed by atoms with Crippen LogP contribution in [-0.4, -0.2) is 36.2 Å². The van der Waals surface area contributed by atoms with Crippen molar-refractivity contribution in [3.05, 3.63) is 12.4 Å². The van der Waals surface area contributed by atoms with Gasteiger partial charge in [-0.15, -0.1) is 0 Å². The maximum atomic E-state index is 2.34. The van der Waals surface area contributed by atoms with E-state index >= 15 is 0 Å². The Balaban J connectivity index is 0.00000144. The second-order valence-corrected chi connectivity index (χ2v) is 3.81. The minimum atomic E-state index is 0. The van der Waals surface area contributed by atoms with Crippen molar-refractivity contribution in [2.24, 2.45) is 0 Å². The molecule has 0 fully saturated rings. The van der Waals surface area contributed by atoms with Crippen LogP contribution in [0.2, 0.25) is 0 Å². The molecule has 3 heteroatoms. The fourth-order valence-electron chi connectivity index (χ4n) is 1.78. The molecule has 0 bridgehead atoms. The molecule has 0 aromatic carbocycles. The van der Waals surface area contributed by atoms with E-state index in [-0.39, 0.29) is 17.0 Å². The van der Waals surface area contributed by atoms with Gasteiger partial charge >= 0.3 is 0 Å². The molecule has 13 heavy (non-hydrogen) atoms. The number of rotatable bonds is 4. The van der Waals surface area contributed by atoms with E-state index in [1.807, 2.05) is 0 Å². The molecule has 1 unspecified atom stereocenters. The highest BCUT2D eigenvalue weighted by molar-refractivity contribution is 4.79. The minimum Gasteiger partial charge on any atom is -1.00 e. The van der Waals surface area contributed by atoms with Crippen LogP contribution in [0, 0.1) is 0 Å². The first-order valence-electron chi connectivity index (χ1n) is 4.98. The van der Waals surface area contributed by atoms with Crippen LogP contribution in [0.1, 0.15) is 26.7 Å². The van der Waals surface area contributed by atoms with Crippen LogP contribution < -0.4 is 17.0 Å². The third-order valence-corrected chi connectivity index (χ3v) is 2.73. The molecule has 0 N–H and O–H groups in total. The van der Waals surface area contributed by atoms with Gasteiger partial charge in [0.15, 0.2) is 6.67 Å². The van der Waals surface area contributed by atoms with E-state index in [1.165, 1.54) is 25.9 Å². The monoisotopic (exact) mass is 248 g/mol. The summed E-state index contributed by atoms with van der Waals surface area (Å²) in [6.07, 6.45) is 7.19. The average molecular weight is 249 g/mol. The molecule has 1 aliphatic heterocycles. The van der Waals surface area contributed by atoms with Gasteiger partial charge in [-0.05, 0) is 13.3 Å². The van der Waals surface area contributed by atoms with E-state index in [0.717, 1.165) is 11.2 Å². The van der Waals surface area contributed by atoms with E-state index in [1.54, 1.807) is 0 Å². The van der Waals surface area contributed by atoms with Crippen LogP contribution in [0.3, 0.4) is 0 Å². The molecule has 1 rings (SSSR count). The molecule has 0 aromatic rings. The predicted molar refractivity (Wildman–Crippen MR) is 52.3 cm³/mol. The average Bonchev–Trinajstić information content (AvgIpc) is 2.45. The lowest BCUT2D eigenvalue weighted by atomic mass is 10.3. The minimum absolute atomic E-state index is 0. The molecule has 0 aliphatic carbocycles. The molecule has 0 radical (unpaired) electrons. The predicted octanol–water partition coefficient (Wildman–Crippen LogP) is -0.999. The zero-order chi connectivity index (χ0) is 9.03. The van der Waals surface area contributed by atoms with E-state index in [0.29, 0.717) is 0 Å². The van der Waals surface area contributed by atoms with Crippen LogP contribution >= 0.6 is 0 Å². The Labute approximate surface area is 92.6 Å². The molecule has 0 saturated carbocycles. The molecular weight excluding hydrogens is 228 g/mol. The molecule has 0 aromatic heterocycles. The third-order valence-electron chi connectivity index (χ3n) is 2.73. The van der Waals surface area contributed by atoms with Gasteiger partial charge in [0.25, 0.3) is 0 Å². The summed E-state index contributed by atoms with van der Waals surface area (Å²) in [4.78, 5) is 2.28. The summed E-state index contributed by atoms with van der Waals surface area (Å²) in [5.74, 6) is 0. The van der Waals surface area contributed by atoms with Crippen molar-refractivity contribution in [2.45, 2.75) is 26.7 Å². The van der Waals surface area contributed by atoms with Crippen molar-refractivity contribution in [2.75, 3.05) is 26.8 Å². The Morgan fingerprint density at radius 3 is 2.46 bits per heavy atom. The van der Waals surface area contributed by atoms with Crippen molar-refractivity contribution in [3.8, 4) is 0 Å². The number of halogens is 1. The quantitative estimate of drug-likeness (QED) is 0.578. The van der Waals surface area contributed by atoms with Crippen molar-refractivity contribution >= 4 is 0 Å². The molecule has 0 spiro atoms. The molecule has 2 nitrogen and oxygen atoms in total. The van der Waals surface area contributed by atoms with Gasteiger partial charge in [-0.3, -0.25) is 4.48 Å². The van der Waals surface area contributed by atoms with Crippen LogP contribution in [-0.2, 0) is 0 Å². The molecule has 1 heterocycles. The van der Waals surface area contributed by atoms with E-state index in [9.17, 15) is 0 Å². The number of unbranched alkanes of at least 4 members (excludes halogenated alkanes) is 1. The summed E-state index contributed by atoms with van der Waals surface area (Å²) in [6.45, 7) is 8.22. The van der Waals surface area contributed by atoms with Crippen LogP contribution in [0.15, 0.2) is 12.4 Å². The summed E-state index contributed by atoms with van der Waals surface area (Å²) in [5.41, 5.74) is 0. The summed E-state index contributed by atoms with van der Waals surface area (Å²) < 4.78 is 1.16. The Hall–Kier alpha value is -0.0200. The second kappa shape index (κ2) is 5.66. The number of hydrogen-bond donors (Lipinski definition) is 0. The van der Waals surface area contributed by atoms with Crippen LogP contribution in [0.25, 0.3) is 0 Å². The SMILES string of the molecule is CCCC[N+]1(CC)C=CN(C)C1.[Br-]. The number of hydrogen-bond acceptors (Lipinski definition) is 1. The Bertz CT molecular complexity index is 170. The summed E-state index contributed by atoms with van der Waals surface area (Å²) in [7, 11) is 2.15. The first kappa shape index (κ1) is 13.0. The summed E-state index contributed by atoms with van der Waals surface area (Å²) in [5, 5.41) is 0. The molecule has 1 aliphatic rings. The highest BCUT2D eigenvalue weighted by Gasteiger charge is 2.27. The van der Waals surface area contributed by atoms with Crippen LogP contribution in [0.4, 0.5) is 0 Å². The normalized spacial score (nSPS) is 26.2. The lowest BCUT2D eigenvalue weighted by molar-refractivity contribution is -0.879. The molecule has 0 saturated heterocycles.